The Kier molecular flexibility index (Phi) is 1.33. The fourth-order valence-electron chi connectivity index (χ4n) is 0.535. The van der Waals surface area contributed by atoms with Gasteiger partial charge in [-0.2, -0.15) is 0 Å². The van der Waals surface area contributed by atoms with Crippen LogP contribution in [-0.2, 0) is 7.05 Å². The molecule has 0 fully saturated rings. The highest BCUT2D eigenvalue weighted by Gasteiger charge is 1.93. The molecule has 1 rings (SSSR count). The van der Waals surface area contributed by atoms with E-state index in [-0.39, 0.29) is 5.82 Å². The summed E-state index contributed by atoms with van der Waals surface area (Å²) in [5.74, 6) is -0.467. The van der Waals surface area contributed by atoms with Crippen LogP contribution in [0.1, 0.15) is 0 Å². The molecule has 54 valence electrons. The third-order valence-electron chi connectivity index (χ3n) is 1.15. The summed E-state index contributed by atoms with van der Waals surface area (Å²) >= 11 is 0. The Morgan fingerprint density at radius 2 is 2.40 bits per heavy atom. The van der Waals surface area contributed by atoms with Crippen LogP contribution in [0.4, 0.5) is 5.82 Å². The zero-order chi connectivity index (χ0) is 7.72. The van der Waals surface area contributed by atoms with Gasteiger partial charge in [-0.1, -0.05) is 0 Å². The van der Waals surface area contributed by atoms with Gasteiger partial charge in [-0.05, 0) is 11.9 Å². The lowest BCUT2D eigenvalue weighted by Gasteiger charge is -2.06. The molecule has 0 unspecified atom stereocenters. The number of anilines is 1. The lowest BCUT2D eigenvalue weighted by atomic mass is 10.5. The van der Waals surface area contributed by atoms with Gasteiger partial charge in [0.05, 0.1) is 0 Å². The molecule has 0 atom stereocenters. The van der Waals surface area contributed by atoms with Crippen LogP contribution < -0.4 is 16.5 Å². The maximum atomic E-state index is 10.6. The molecule has 0 aromatic carbocycles. The second-order valence-electron chi connectivity index (χ2n) is 1.86. The number of rotatable bonds is 0. The van der Waals surface area contributed by atoms with Gasteiger partial charge < -0.3 is 10.8 Å². The van der Waals surface area contributed by atoms with Crippen LogP contribution in [-0.4, -0.2) is 9.55 Å². The van der Waals surface area contributed by atoms with Crippen molar-refractivity contribution < 1.29 is 5.11 Å². The minimum Gasteiger partial charge on any atom is -0.858 e. The van der Waals surface area contributed by atoms with Crippen LogP contribution in [0.3, 0.4) is 0 Å². The van der Waals surface area contributed by atoms with Crippen molar-refractivity contribution in [3.8, 4) is 5.88 Å². The minimum absolute atomic E-state index is 0.130. The number of hydrogen-bond donors (Lipinski definition) is 1. The molecule has 0 saturated heterocycles. The fraction of sp³-hybridized carbons (Fsp3) is 0.200. The smallest absolute Gasteiger partial charge is 0.348 e. The van der Waals surface area contributed by atoms with Crippen molar-refractivity contribution in [2.24, 2.45) is 7.05 Å². The normalized spacial score (nSPS) is 9.70. The Morgan fingerprint density at radius 3 is 2.90 bits per heavy atom. The van der Waals surface area contributed by atoms with Crippen LogP contribution in [0.15, 0.2) is 10.9 Å². The van der Waals surface area contributed by atoms with Gasteiger partial charge in [0.1, 0.15) is 5.82 Å². The van der Waals surface area contributed by atoms with Gasteiger partial charge >= 0.3 is 5.69 Å². The Bertz CT molecular complexity index is 304. The van der Waals surface area contributed by atoms with Crippen LogP contribution in [0.5, 0.6) is 5.88 Å². The van der Waals surface area contributed by atoms with Crippen molar-refractivity contribution >= 4 is 5.82 Å². The van der Waals surface area contributed by atoms with E-state index in [1.165, 1.54) is 7.05 Å². The lowest BCUT2D eigenvalue weighted by molar-refractivity contribution is -0.275. The first-order valence-electron chi connectivity index (χ1n) is 2.62. The number of nitrogens with zero attached hydrogens (tertiary/aromatic N) is 2. The third kappa shape index (κ3) is 0.928. The summed E-state index contributed by atoms with van der Waals surface area (Å²) in [6, 6.07) is 1.10. The molecule has 0 bridgehead atoms. The summed E-state index contributed by atoms with van der Waals surface area (Å²) in [6.45, 7) is 0. The van der Waals surface area contributed by atoms with E-state index in [2.05, 4.69) is 4.98 Å². The lowest BCUT2D eigenvalue weighted by Crippen LogP contribution is -2.23. The second-order valence-corrected chi connectivity index (χ2v) is 1.86. The van der Waals surface area contributed by atoms with Crippen molar-refractivity contribution in [3.63, 3.8) is 0 Å². The molecule has 5 heteroatoms. The summed E-state index contributed by atoms with van der Waals surface area (Å²) < 4.78 is 1.10. The van der Waals surface area contributed by atoms with E-state index in [1.807, 2.05) is 0 Å². The molecule has 1 aromatic heterocycles. The van der Waals surface area contributed by atoms with Crippen molar-refractivity contribution in [1.82, 2.24) is 9.55 Å². The van der Waals surface area contributed by atoms with Crippen LogP contribution in [0.25, 0.3) is 0 Å². The van der Waals surface area contributed by atoms with Gasteiger partial charge in [-0.3, -0.25) is 4.57 Å². The SMILES string of the molecule is Cn1c(N)cc([O-])nc1=O. The molecule has 2 N–H and O–H groups in total. The topological polar surface area (TPSA) is 84.0 Å². The number of nitrogens with two attached hydrogens (primary N) is 1. The molecule has 0 aliphatic heterocycles. The second kappa shape index (κ2) is 2.02. The Morgan fingerprint density at radius 1 is 1.80 bits per heavy atom. The first-order chi connectivity index (χ1) is 4.61. The van der Waals surface area contributed by atoms with Crippen LogP contribution in [0, 0.1) is 0 Å². The average Bonchev–Trinajstić information content (AvgIpc) is 1.82. The van der Waals surface area contributed by atoms with Crippen molar-refractivity contribution in [3.05, 3.63) is 16.6 Å². The van der Waals surface area contributed by atoms with E-state index >= 15 is 0 Å². The first kappa shape index (κ1) is 6.60. The maximum Gasteiger partial charge on any atom is 0.348 e. The molecular formula is C5H6N3O2-. The first-order valence-corrected chi connectivity index (χ1v) is 2.62. The largest absolute Gasteiger partial charge is 0.858 e. The van der Waals surface area contributed by atoms with E-state index in [1.54, 1.807) is 0 Å². The van der Waals surface area contributed by atoms with E-state index in [0.717, 1.165) is 10.6 Å². The molecule has 0 aliphatic carbocycles. The summed E-state index contributed by atoms with van der Waals surface area (Å²) in [5.41, 5.74) is 4.62. The zero-order valence-corrected chi connectivity index (χ0v) is 5.37. The summed E-state index contributed by atoms with van der Waals surface area (Å²) in [6.07, 6.45) is 0. The highest BCUT2D eigenvalue weighted by atomic mass is 16.3. The van der Waals surface area contributed by atoms with Gasteiger partial charge in [-0.15, -0.1) is 0 Å². The van der Waals surface area contributed by atoms with Crippen molar-refractivity contribution in [2.45, 2.75) is 0 Å². The Labute approximate surface area is 56.7 Å². The van der Waals surface area contributed by atoms with Crippen molar-refractivity contribution in [2.75, 3.05) is 5.73 Å². The molecule has 1 heterocycles. The number of hydrogen-bond acceptors (Lipinski definition) is 4. The predicted octanol–water partition coefficient (Wildman–Crippen LogP) is -1.56. The van der Waals surface area contributed by atoms with E-state index in [0.29, 0.717) is 0 Å². The molecule has 0 radical (unpaired) electrons. The average molecular weight is 140 g/mol. The Hall–Kier alpha value is -1.52. The highest BCUT2D eigenvalue weighted by Crippen LogP contribution is 1.99. The molecule has 0 amide bonds. The molecule has 1 aromatic rings. The van der Waals surface area contributed by atoms with Crippen LogP contribution >= 0.6 is 0 Å². The van der Waals surface area contributed by atoms with Gasteiger partial charge in [-0.25, -0.2) is 9.78 Å². The van der Waals surface area contributed by atoms with Gasteiger partial charge in [0.2, 0.25) is 0 Å². The Balaban J connectivity index is 3.46. The van der Waals surface area contributed by atoms with Gasteiger partial charge in [0.15, 0.2) is 0 Å². The van der Waals surface area contributed by atoms with Gasteiger partial charge in [0.25, 0.3) is 0 Å². The molecule has 0 aliphatic rings. The van der Waals surface area contributed by atoms with E-state index in [9.17, 15) is 9.90 Å². The zero-order valence-electron chi connectivity index (χ0n) is 5.37. The standard InChI is InChI=1S/C5H7N3O2/c1-8-3(6)2-4(9)7-5(8)10/h2H,6H2,1H3,(H,7,9,10)/p-1. The maximum absolute atomic E-state index is 10.6. The third-order valence-corrected chi connectivity index (χ3v) is 1.15. The number of aromatic nitrogens is 2. The molecular weight excluding hydrogens is 134 g/mol. The van der Waals surface area contributed by atoms with E-state index in [4.69, 9.17) is 5.73 Å². The van der Waals surface area contributed by atoms with Crippen molar-refractivity contribution in [1.29, 1.82) is 0 Å². The summed E-state index contributed by atoms with van der Waals surface area (Å²) in [4.78, 5) is 13.7. The fourth-order valence-corrected chi connectivity index (χ4v) is 0.535. The molecule has 10 heavy (non-hydrogen) atoms. The highest BCUT2D eigenvalue weighted by molar-refractivity contribution is 5.31. The predicted molar refractivity (Wildman–Crippen MR) is 33.3 cm³/mol. The van der Waals surface area contributed by atoms with Crippen LogP contribution in [0.2, 0.25) is 0 Å². The van der Waals surface area contributed by atoms with Gasteiger partial charge in [0, 0.05) is 7.05 Å². The molecule has 5 nitrogen and oxygen atoms in total. The quantitative estimate of drug-likeness (QED) is 0.472. The molecule has 0 spiro atoms. The minimum atomic E-state index is -0.620. The number of nitrogen functional groups attached to an aromatic ring is 1. The van der Waals surface area contributed by atoms with E-state index < -0.39 is 11.6 Å². The summed E-state index contributed by atoms with van der Waals surface area (Å²) in [7, 11) is 1.45. The monoisotopic (exact) mass is 140 g/mol. The molecule has 0 saturated carbocycles. The summed E-state index contributed by atoms with van der Waals surface area (Å²) in [5, 5.41) is 10.5.